The molecule has 0 fully saturated rings. The van der Waals surface area contributed by atoms with Crippen molar-refractivity contribution in [1.82, 2.24) is 0 Å². The van der Waals surface area contributed by atoms with Crippen LogP contribution in [0.5, 0.6) is 0 Å². The summed E-state index contributed by atoms with van der Waals surface area (Å²) in [4.78, 5) is 10.9. The normalized spacial score (nSPS) is 13.6. The molecule has 0 amide bonds. The van der Waals surface area contributed by atoms with Gasteiger partial charge in [-0.05, 0) is 5.56 Å². The number of carbonyl (C=O) groups is 1. The zero-order chi connectivity index (χ0) is 10.8. The lowest BCUT2D eigenvalue weighted by Gasteiger charge is -2.26. The Balaban J connectivity index is 3.08. The van der Waals surface area contributed by atoms with Gasteiger partial charge in [0.1, 0.15) is 11.7 Å². The molecule has 76 valence electrons. The molecule has 1 atom stereocenters. The zero-order valence-corrected chi connectivity index (χ0v) is 7.55. The van der Waals surface area contributed by atoms with Crippen molar-refractivity contribution in [3.05, 3.63) is 35.9 Å². The Morgan fingerprint density at radius 3 is 2.07 bits per heavy atom. The zero-order valence-electron chi connectivity index (χ0n) is 7.55. The fourth-order valence-corrected chi connectivity index (χ4v) is 1.29. The van der Waals surface area contributed by atoms with Crippen LogP contribution in [0.4, 0.5) is 0 Å². The van der Waals surface area contributed by atoms with E-state index in [1.54, 1.807) is 30.3 Å². The largest absolute Gasteiger partial charge is 0.481 e. The minimum atomic E-state index is -1.76. The topological polar surface area (TPSA) is 115 Å². The highest BCUT2D eigenvalue weighted by Gasteiger charge is 2.34. The summed E-state index contributed by atoms with van der Waals surface area (Å²) in [5.74, 6) is -4.00. The van der Waals surface area contributed by atoms with Crippen LogP contribution < -0.4 is 17.2 Å². The summed E-state index contributed by atoms with van der Waals surface area (Å²) in [5.41, 5.74) is 16.7. The van der Waals surface area contributed by atoms with Crippen LogP contribution in [0.25, 0.3) is 0 Å². The number of benzene rings is 1. The average Bonchev–Trinajstić information content (AvgIpc) is 2.02. The van der Waals surface area contributed by atoms with Gasteiger partial charge in [0.25, 0.3) is 0 Å². The Morgan fingerprint density at radius 2 is 1.71 bits per heavy atom. The van der Waals surface area contributed by atoms with E-state index < -0.39 is 17.7 Å². The van der Waals surface area contributed by atoms with Crippen molar-refractivity contribution in [2.45, 2.75) is 11.7 Å². The summed E-state index contributed by atoms with van der Waals surface area (Å²) >= 11 is 0. The lowest BCUT2D eigenvalue weighted by atomic mass is 9.93. The molecule has 0 saturated carbocycles. The maximum Gasteiger partial charge on any atom is 0.315 e. The first-order valence-electron chi connectivity index (χ1n) is 4.07. The van der Waals surface area contributed by atoms with E-state index in [0.717, 1.165) is 0 Å². The maximum atomic E-state index is 10.9. The number of carboxylic acid groups (broad SMARTS) is 1. The van der Waals surface area contributed by atoms with Crippen LogP contribution in [0.3, 0.4) is 0 Å². The molecule has 0 aliphatic rings. The number of hydrogen-bond donors (Lipinski definition) is 4. The molecule has 14 heavy (non-hydrogen) atoms. The van der Waals surface area contributed by atoms with Crippen molar-refractivity contribution in [3.8, 4) is 0 Å². The molecule has 1 aromatic rings. The van der Waals surface area contributed by atoms with E-state index in [0.29, 0.717) is 5.56 Å². The third-order valence-corrected chi connectivity index (χ3v) is 1.88. The van der Waals surface area contributed by atoms with E-state index in [4.69, 9.17) is 22.3 Å². The number of hydrogen-bond acceptors (Lipinski definition) is 4. The second kappa shape index (κ2) is 3.75. The first-order valence-corrected chi connectivity index (χ1v) is 4.07. The molecule has 5 heteroatoms. The molecule has 0 unspecified atom stereocenters. The van der Waals surface area contributed by atoms with Crippen LogP contribution in [0, 0.1) is 0 Å². The van der Waals surface area contributed by atoms with Crippen LogP contribution in [0.15, 0.2) is 30.3 Å². The summed E-state index contributed by atoms with van der Waals surface area (Å²) in [5, 5.41) is 8.92. The first kappa shape index (κ1) is 10.6. The second-order valence-corrected chi connectivity index (χ2v) is 3.18. The van der Waals surface area contributed by atoms with Crippen LogP contribution in [-0.2, 0) is 4.79 Å². The summed E-state index contributed by atoms with van der Waals surface area (Å²) in [6, 6.07) is 8.43. The predicted molar refractivity (Wildman–Crippen MR) is 52.1 cm³/mol. The third-order valence-electron chi connectivity index (χ3n) is 1.88. The third kappa shape index (κ3) is 2.29. The summed E-state index contributed by atoms with van der Waals surface area (Å²) in [6.07, 6.45) is 0. The van der Waals surface area contributed by atoms with Gasteiger partial charge in [-0.15, -0.1) is 0 Å². The summed E-state index contributed by atoms with van der Waals surface area (Å²) in [6.45, 7) is 0. The lowest BCUT2D eigenvalue weighted by molar-refractivity contribution is -0.140. The van der Waals surface area contributed by atoms with E-state index >= 15 is 0 Å². The van der Waals surface area contributed by atoms with Gasteiger partial charge in [0.2, 0.25) is 0 Å². The molecule has 7 N–H and O–H groups in total. The van der Waals surface area contributed by atoms with Crippen LogP contribution in [0.2, 0.25) is 0 Å². The molecule has 1 rings (SSSR count). The minimum Gasteiger partial charge on any atom is -0.481 e. The van der Waals surface area contributed by atoms with Crippen molar-refractivity contribution in [3.63, 3.8) is 0 Å². The van der Waals surface area contributed by atoms with Crippen molar-refractivity contribution < 1.29 is 9.90 Å². The highest BCUT2D eigenvalue weighted by atomic mass is 16.4. The Morgan fingerprint density at radius 1 is 1.21 bits per heavy atom. The highest BCUT2D eigenvalue weighted by Crippen LogP contribution is 2.19. The van der Waals surface area contributed by atoms with Gasteiger partial charge < -0.3 is 22.3 Å². The molecule has 0 aliphatic heterocycles. The summed E-state index contributed by atoms with van der Waals surface area (Å²) < 4.78 is 0. The molecular weight excluding hydrogens is 182 g/mol. The molecular formula is C9H13N3O2. The van der Waals surface area contributed by atoms with Crippen molar-refractivity contribution in [2.75, 3.05) is 0 Å². The maximum absolute atomic E-state index is 10.9. The Bertz CT molecular complexity index is 319. The van der Waals surface area contributed by atoms with Gasteiger partial charge in [0.05, 0.1) is 0 Å². The van der Waals surface area contributed by atoms with Gasteiger partial charge in [-0.25, -0.2) is 0 Å². The highest BCUT2D eigenvalue weighted by molar-refractivity contribution is 5.77. The fourth-order valence-electron chi connectivity index (χ4n) is 1.29. The van der Waals surface area contributed by atoms with Gasteiger partial charge >= 0.3 is 5.97 Å². The fraction of sp³-hybridized carbons (Fsp3) is 0.222. The van der Waals surface area contributed by atoms with Gasteiger partial charge in [-0.2, -0.15) is 0 Å². The smallest absolute Gasteiger partial charge is 0.315 e. The van der Waals surface area contributed by atoms with Crippen LogP contribution in [-0.4, -0.2) is 16.9 Å². The predicted octanol–water partition coefficient (Wildman–Crippen LogP) is -0.615. The molecule has 0 heterocycles. The molecule has 1 aromatic carbocycles. The summed E-state index contributed by atoms with van der Waals surface area (Å²) in [7, 11) is 0. The molecule has 0 spiro atoms. The van der Waals surface area contributed by atoms with Crippen LogP contribution in [0.1, 0.15) is 11.5 Å². The standard InChI is InChI=1S/C9H13N3O2/c10-9(11,12)7(8(13)14)6-4-2-1-3-5-6/h1-5,7H,10-12H2,(H,13,14)/t7-/m0/s1. The lowest BCUT2D eigenvalue weighted by Crippen LogP contribution is -2.64. The second-order valence-electron chi connectivity index (χ2n) is 3.18. The van der Waals surface area contributed by atoms with E-state index in [9.17, 15) is 4.79 Å². The molecule has 0 bridgehead atoms. The molecule has 0 saturated heterocycles. The van der Waals surface area contributed by atoms with E-state index in [1.807, 2.05) is 0 Å². The van der Waals surface area contributed by atoms with E-state index in [2.05, 4.69) is 0 Å². The van der Waals surface area contributed by atoms with Gasteiger partial charge in [-0.1, -0.05) is 30.3 Å². The van der Waals surface area contributed by atoms with Crippen molar-refractivity contribution in [2.24, 2.45) is 17.2 Å². The molecule has 0 aromatic heterocycles. The van der Waals surface area contributed by atoms with Gasteiger partial charge in [-0.3, -0.25) is 4.79 Å². The van der Waals surface area contributed by atoms with Gasteiger partial charge in [0, 0.05) is 0 Å². The van der Waals surface area contributed by atoms with Gasteiger partial charge in [0.15, 0.2) is 0 Å². The Hall–Kier alpha value is -1.43. The quantitative estimate of drug-likeness (QED) is 0.480. The first-order chi connectivity index (χ1) is 6.43. The Kier molecular flexibility index (Phi) is 2.85. The Labute approximate surface area is 81.5 Å². The molecule has 5 nitrogen and oxygen atoms in total. The monoisotopic (exact) mass is 195 g/mol. The number of nitrogens with two attached hydrogens (primary N) is 3. The SMILES string of the molecule is NC(N)(N)[C@H](C(=O)O)c1ccccc1. The molecule has 0 radical (unpaired) electrons. The van der Waals surface area contributed by atoms with Crippen molar-refractivity contribution in [1.29, 1.82) is 0 Å². The van der Waals surface area contributed by atoms with E-state index in [1.165, 1.54) is 0 Å². The van der Waals surface area contributed by atoms with E-state index in [-0.39, 0.29) is 0 Å². The van der Waals surface area contributed by atoms with Crippen LogP contribution >= 0.6 is 0 Å². The number of rotatable bonds is 3. The average molecular weight is 195 g/mol. The minimum absolute atomic E-state index is 0.493. The number of carboxylic acids is 1. The van der Waals surface area contributed by atoms with Crippen molar-refractivity contribution >= 4 is 5.97 Å². The molecule has 0 aliphatic carbocycles. The number of aliphatic carboxylic acids is 1.